The highest BCUT2D eigenvalue weighted by atomic mass is 32.1. The van der Waals surface area contributed by atoms with Crippen LogP contribution in [0, 0.1) is 6.92 Å². The Morgan fingerprint density at radius 1 is 1.15 bits per heavy atom. The molecular weight excluding hydrogens is 346 g/mol. The molecule has 3 rings (SSSR count). The molecule has 0 radical (unpaired) electrons. The zero-order valence-electron chi connectivity index (χ0n) is 15.4. The summed E-state index contributed by atoms with van der Waals surface area (Å²) in [5.74, 6) is 1.57. The van der Waals surface area contributed by atoms with Crippen LogP contribution < -0.4 is 14.8 Å². The second-order valence-corrected chi connectivity index (χ2v) is 6.53. The molecule has 26 heavy (non-hydrogen) atoms. The van der Waals surface area contributed by atoms with Gasteiger partial charge in [0.2, 0.25) is 0 Å². The minimum absolute atomic E-state index is 0.0590. The zero-order valence-corrected chi connectivity index (χ0v) is 16.3. The molecule has 1 N–H and O–H groups in total. The summed E-state index contributed by atoms with van der Waals surface area (Å²) in [6, 6.07) is 14.1. The molecule has 1 aliphatic rings. The van der Waals surface area contributed by atoms with Gasteiger partial charge in [-0.2, -0.15) is 5.10 Å². The van der Waals surface area contributed by atoms with Crippen LogP contribution >= 0.6 is 12.2 Å². The van der Waals surface area contributed by atoms with Crippen molar-refractivity contribution >= 4 is 23.0 Å². The van der Waals surface area contributed by atoms with Gasteiger partial charge in [0.05, 0.1) is 26.0 Å². The number of nitrogens with zero attached hydrogens (tertiary/aromatic N) is 2. The maximum Gasteiger partial charge on any atom is 0.189 e. The zero-order chi connectivity index (χ0) is 18.7. The van der Waals surface area contributed by atoms with Crippen LogP contribution in [0.4, 0.5) is 0 Å². The fourth-order valence-electron chi connectivity index (χ4n) is 3.07. The molecule has 0 unspecified atom stereocenters. The Hall–Kier alpha value is -2.60. The van der Waals surface area contributed by atoms with E-state index in [1.165, 1.54) is 5.56 Å². The predicted octanol–water partition coefficient (Wildman–Crippen LogP) is 3.67. The Labute approximate surface area is 159 Å². The Morgan fingerprint density at radius 3 is 2.50 bits per heavy atom. The molecule has 2 aromatic carbocycles. The number of hydrogen-bond acceptors (Lipinski definition) is 4. The molecule has 6 heteroatoms. The smallest absolute Gasteiger partial charge is 0.189 e. The molecule has 0 aromatic heterocycles. The topological polar surface area (TPSA) is 46.1 Å². The molecule has 136 valence electrons. The van der Waals surface area contributed by atoms with Gasteiger partial charge in [0.25, 0.3) is 0 Å². The van der Waals surface area contributed by atoms with Gasteiger partial charge in [0.1, 0.15) is 11.5 Å². The van der Waals surface area contributed by atoms with E-state index in [1.807, 2.05) is 30.3 Å². The lowest BCUT2D eigenvalue weighted by Crippen LogP contribution is -2.34. The molecule has 1 atom stereocenters. The van der Waals surface area contributed by atoms with Gasteiger partial charge >= 0.3 is 0 Å². The highest BCUT2D eigenvalue weighted by molar-refractivity contribution is 7.80. The third-order valence-corrected chi connectivity index (χ3v) is 4.90. The number of hydrazone groups is 1. The fourth-order valence-corrected chi connectivity index (χ4v) is 3.24. The number of benzene rings is 2. The van der Waals surface area contributed by atoms with E-state index in [0.717, 1.165) is 34.8 Å². The number of aryl methyl sites for hydroxylation is 1. The van der Waals surface area contributed by atoms with Crippen molar-refractivity contribution in [2.45, 2.75) is 19.4 Å². The minimum Gasteiger partial charge on any atom is -0.497 e. The highest BCUT2D eigenvalue weighted by Crippen LogP contribution is 2.39. The summed E-state index contributed by atoms with van der Waals surface area (Å²) in [5, 5.41) is 10.2. The van der Waals surface area contributed by atoms with E-state index < -0.39 is 0 Å². The molecular formula is C20H23N3O2S. The van der Waals surface area contributed by atoms with E-state index in [9.17, 15) is 0 Å². The van der Waals surface area contributed by atoms with Gasteiger partial charge in [-0.25, -0.2) is 5.01 Å². The predicted molar refractivity (Wildman–Crippen MR) is 108 cm³/mol. The van der Waals surface area contributed by atoms with Crippen molar-refractivity contribution in [3.8, 4) is 11.5 Å². The summed E-state index contributed by atoms with van der Waals surface area (Å²) in [7, 11) is 5.13. The van der Waals surface area contributed by atoms with Crippen LogP contribution in [0.15, 0.2) is 47.6 Å². The van der Waals surface area contributed by atoms with Gasteiger partial charge in [0, 0.05) is 19.0 Å². The van der Waals surface area contributed by atoms with E-state index in [4.69, 9.17) is 26.8 Å². The molecule has 2 aromatic rings. The van der Waals surface area contributed by atoms with Crippen LogP contribution in [0.5, 0.6) is 11.5 Å². The third-order valence-electron chi connectivity index (χ3n) is 4.51. The maximum atomic E-state index is 5.58. The Balaban J connectivity index is 2.02. The average molecular weight is 369 g/mol. The molecule has 0 saturated heterocycles. The number of ether oxygens (including phenoxy) is 2. The number of thiocarbonyl (C=S) groups is 1. The van der Waals surface area contributed by atoms with E-state index in [-0.39, 0.29) is 6.04 Å². The lowest BCUT2D eigenvalue weighted by Gasteiger charge is -2.25. The van der Waals surface area contributed by atoms with Gasteiger partial charge in [0.15, 0.2) is 5.11 Å². The van der Waals surface area contributed by atoms with Crippen molar-refractivity contribution in [3.63, 3.8) is 0 Å². The quantitative estimate of drug-likeness (QED) is 0.833. The van der Waals surface area contributed by atoms with Crippen molar-refractivity contribution in [2.24, 2.45) is 5.10 Å². The Morgan fingerprint density at radius 2 is 1.88 bits per heavy atom. The first-order chi connectivity index (χ1) is 12.6. The largest absolute Gasteiger partial charge is 0.497 e. The average Bonchev–Trinajstić information content (AvgIpc) is 3.12. The molecule has 0 amide bonds. The Bertz CT molecular complexity index is 833. The van der Waals surface area contributed by atoms with Crippen LogP contribution in [0.1, 0.15) is 29.2 Å². The van der Waals surface area contributed by atoms with Crippen LogP contribution in [0.25, 0.3) is 0 Å². The van der Waals surface area contributed by atoms with Crippen molar-refractivity contribution in [2.75, 3.05) is 21.3 Å². The van der Waals surface area contributed by atoms with Crippen LogP contribution in [-0.4, -0.2) is 37.1 Å². The number of hydrogen-bond donors (Lipinski definition) is 1. The summed E-state index contributed by atoms with van der Waals surface area (Å²) in [5.41, 5.74) is 4.32. The van der Waals surface area contributed by atoms with E-state index in [2.05, 4.69) is 36.5 Å². The maximum absolute atomic E-state index is 5.58. The van der Waals surface area contributed by atoms with Crippen LogP contribution in [-0.2, 0) is 0 Å². The third kappa shape index (κ3) is 3.51. The number of nitrogens with one attached hydrogen (secondary N) is 1. The Kier molecular flexibility index (Phi) is 5.42. The molecule has 0 fully saturated rings. The number of methoxy groups -OCH3 is 2. The fraction of sp³-hybridized carbons (Fsp3) is 0.300. The van der Waals surface area contributed by atoms with Crippen LogP contribution in [0.3, 0.4) is 0 Å². The van der Waals surface area contributed by atoms with Gasteiger partial charge in [-0.15, -0.1) is 0 Å². The van der Waals surface area contributed by atoms with Crippen molar-refractivity contribution in [1.82, 2.24) is 10.3 Å². The van der Waals surface area contributed by atoms with E-state index >= 15 is 0 Å². The molecule has 1 aliphatic heterocycles. The van der Waals surface area contributed by atoms with Crippen LogP contribution in [0.2, 0.25) is 0 Å². The van der Waals surface area contributed by atoms with E-state index in [1.54, 1.807) is 14.2 Å². The van der Waals surface area contributed by atoms with Crippen molar-refractivity contribution in [1.29, 1.82) is 0 Å². The normalized spacial score (nSPS) is 16.2. The van der Waals surface area contributed by atoms with Gasteiger partial charge in [-0.1, -0.05) is 29.8 Å². The summed E-state index contributed by atoms with van der Waals surface area (Å²) in [4.78, 5) is 0. The highest BCUT2D eigenvalue weighted by Gasteiger charge is 2.33. The first-order valence-corrected chi connectivity index (χ1v) is 8.85. The SMILES string of the molecule is CNC(=S)N1N=C(c2ccc(C)cc2)C[C@H]1c1cc(OC)ccc1OC. The van der Waals surface area contributed by atoms with E-state index in [0.29, 0.717) is 5.11 Å². The standard InChI is InChI=1S/C20H23N3O2S/c1-13-5-7-14(8-6-13)17-12-18(23(22-17)20(26)21-2)16-11-15(24-3)9-10-19(16)25-4/h5-11,18H,12H2,1-4H3,(H,21,26)/t18-/m0/s1. The van der Waals surface area contributed by atoms with Crippen molar-refractivity contribution in [3.05, 3.63) is 59.2 Å². The summed E-state index contributed by atoms with van der Waals surface area (Å²) < 4.78 is 11.0. The second kappa shape index (κ2) is 7.74. The minimum atomic E-state index is -0.0590. The second-order valence-electron chi connectivity index (χ2n) is 6.14. The van der Waals surface area contributed by atoms with Gasteiger partial charge < -0.3 is 14.8 Å². The van der Waals surface area contributed by atoms with Gasteiger partial charge in [-0.3, -0.25) is 0 Å². The first kappa shape index (κ1) is 18.2. The van der Waals surface area contributed by atoms with Crippen molar-refractivity contribution < 1.29 is 9.47 Å². The summed E-state index contributed by atoms with van der Waals surface area (Å²) in [6.07, 6.45) is 0.731. The molecule has 0 aliphatic carbocycles. The lowest BCUT2D eigenvalue weighted by atomic mass is 9.97. The van der Waals surface area contributed by atoms with Gasteiger partial charge in [-0.05, 0) is 42.9 Å². The summed E-state index contributed by atoms with van der Waals surface area (Å²) in [6.45, 7) is 2.08. The summed E-state index contributed by atoms with van der Waals surface area (Å²) >= 11 is 5.49. The molecule has 0 saturated carbocycles. The molecule has 5 nitrogen and oxygen atoms in total. The number of rotatable bonds is 4. The lowest BCUT2D eigenvalue weighted by molar-refractivity contribution is 0.341. The molecule has 0 bridgehead atoms. The molecule has 0 spiro atoms. The molecule has 1 heterocycles. The monoisotopic (exact) mass is 369 g/mol. The first-order valence-electron chi connectivity index (χ1n) is 8.44.